The van der Waals surface area contributed by atoms with Crippen molar-refractivity contribution < 1.29 is 4.74 Å². The molecule has 0 fully saturated rings. The third kappa shape index (κ3) is 8.29. The van der Waals surface area contributed by atoms with Crippen molar-refractivity contribution in [2.75, 3.05) is 0 Å². The molecule has 0 aromatic rings. The van der Waals surface area contributed by atoms with Gasteiger partial charge in [-0.25, -0.2) is 0 Å². The van der Waals surface area contributed by atoms with Gasteiger partial charge in [0.25, 0.3) is 0 Å². The fraction of sp³-hybridized carbons (Fsp3) is 0.917. The summed E-state index contributed by atoms with van der Waals surface area (Å²) >= 11 is 0. The first-order valence-electron chi connectivity index (χ1n) is 5.78. The molecule has 0 saturated carbocycles. The highest BCUT2D eigenvalue weighted by molar-refractivity contribution is 4.59. The van der Waals surface area contributed by atoms with E-state index in [1.807, 2.05) is 13.5 Å². The average molecular weight is 185 g/mol. The quantitative estimate of drug-likeness (QED) is 0.486. The second-order valence-electron chi connectivity index (χ2n) is 3.63. The first-order chi connectivity index (χ1) is 6.35. The van der Waals surface area contributed by atoms with Crippen LogP contribution >= 0.6 is 0 Å². The lowest BCUT2D eigenvalue weighted by Crippen LogP contribution is -2.10. The molecule has 0 bridgehead atoms. The maximum Gasteiger partial charge on any atom is 0.0809 e. The smallest absolute Gasteiger partial charge is 0.0809 e. The van der Waals surface area contributed by atoms with E-state index in [1.54, 1.807) is 0 Å². The van der Waals surface area contributed by atoms with Crippen LogP contribution in [0.2, 0.25) is 0 Å². The summed E-state index contributed by atoms with van der Waals surface area (Å²) < 4.78 is 5.54. The predicted octanol–water partition coefficient (Wildman–Crippen LogP) is 4.32. The molecule has 1 unspecified atom stereocenters. The van der Waals surface area contributed by atoms with Crippen LogP contribution in [0.15, 0.2) is 0 Å². The Balaban J connectivity index is 3.33. The molecule has 0 heterocycles. The molecule has 13 heavy (non-hydrogen) atoms. The lowest BCUT2D eigenvalue weighted by atomic mass is 10.1. The third-order valence-electron chi connectivity index (χ3n) is 2.32. The summed E-state index contributed by atoms with van der Waals surface area (Å²) in [4.78, 5) is 0. The zero-order valence-electron chi connectivity index (χ0n) is 9.51. The fourth-order valence-corrected chi connectivity index (χ4v) is 1.59. The van der Waals surface area contributed by atoms with E-state index in [-0.39, 0.29) is 0 Å². The van der Waals surface area contributed by atoms with Crippen molar-refractivity contribution in [3.8, 4) is 0 Å². The minimum absolute atomic E-state index is 0.479. The summed E-state index contributed by atoms with van der Waals surface area (Å²) in [6, 6.07) is 0. The van der Waals surface area contributed by atoms with Crippen LogP contribution in [-0.4, -0.2) is 6.10 Å². The van der Waals surface area contributed by atoms with Crippen molar-refractivity contribution in [1.29, 1.82) is 0 Å². The van der Waals surface area contributed by atoms with Crippen LogP contribution in [0.25, 0.3) is 0 Å². The number of rotatable bonds is 9. The molecule has 1 radical (unpaired) electrons. The van der Waals surface area contributed by atoms with Crippen LogP contribution in [0.5, 0.6) is 0 Å². The Morgan fingerprint density at radius 2 is 1.77 bits per heavy atom. The monoisotopic (exact) mass is 185 g/mol. The number of unbranched alkanes of at least 4 members (excludes halogenated alkanes) is 3. The molecule has 79 valence electrons. The van der Waals surface area contributed by atoms with Gasteiger partial charge in [-0.3, -0.25) is 0 Å². The van der Waals surface area contributed by atoms with Gasteiger partial charge in [-0.15, -0.1) is 0 Å². The second kappa shape index (κ2) is 10.0. The van der Waals surface area contributed by atoms with E-state index in [0.29, 0.717) is 6.10 Å². The Morgan fingerprint density at radius 1 is 1.00 bits per heavy atom. The van der Waals surface area contributed by atoms with Crippen molar-refractivity contribution in [3.05, 3.63) is 6.61 Å². The van der Waals surface area contributed by atoms with Crippen molar-refractivity contribution >= 4 is 0 Å². The van der Waals surface area contributed by atoms with E-state index >= 15 is 0 Å². The molecule has 1 heteroatoms. The van der Waals surface area contributed by atoms with Crippen LogP contribution in [0.1, 0.15) is 65.7 Å². The number of hydrogen-bond acceptors (Lipinski definition) is 1. The zero-order chi connectivity index (χ0) is 9.94. The van der Waals surface area contributed by atoms with Crippen LogP contribution in [0.4, 0.5) is 0 Å². The standard InChI is InChI=1S/C12H25O/c1-4-7-8-9-11-12(10-5-2)13-6-3/h6,12H,4-5,7-11H2,1-3H3. The molecule has 0 amide bonds. The molecule has 0 rings (SSSR count). The van der Waals surface area contributed by atoms with E-state index in [4.69, 9.17) is 4.74 Å². The van der Waals surface area contributed by atoms with E-state index < -0.39 is 0 Å². The highest BCUT2D eigenvalue weighted by atomic mass is 16.5. The van der Waals surface area contributed by atoms with Gasteiger partial charge in [0.05, 0.1) is 12.7 Å². The first kappa shape index (κ1) is 13.0. The van der Waals surface area contributed by atoms with Gasteiger partial charge in [-0.05, 0) is 19.8 Å². The topological polar surface area (TPSA) is 9.23 Å². The van der Waals surface area contributed by atoms with Crippen LogP contribution < -0.4 is 0 Å². The maximum atomic E-state index is 5.54. The van der Waals surface area contributed by atoms with E-state index in [9.17, 15) is 0 Å². The summed E-state index contributed by atoms with van der Waals surface area (Å²) in [5.41, 5.74) is 0. The Morgan fingerprint density at radius 3 is 2.31 bits per heavy atom. The van der Waals surface area contributed by atoms with Gasteiger partial charge in [0, 0.05) is 0 Å². The van der Waals surface area contributed by atoms with Gasteiger partial charge in [0.2, 0.25) is 0 Å². The molecule has 0 aliphatic rings. The predicted molar refractivity (Wildman–Crippen MR) is 58.5 cm³/mol. The summed E-state index contributed by atoms with van der Waals surface area (Å²) in [6.07, 6.45) is 9.53. The highest BCUT2D eigenvalue weighted by Crippen LogP contribution is 2.13. The Labute approximate surface area is 83.9 Å². The third-order valence-corrected chi connectivity index (χ3v) is 2.32. The SMILES string of the molecule is C[CH]OC(CCC)CCCCCC. The van der Waals surface area contributed by atoms with E-state index in [0.717, 1.165) is 0 Å². The molecule has 0 N–H and O–H groups in total. The van der Waals surface area contributed by atoms with Crippen molar-refractivity contribution in [1.82, 2.24) is 0 Å². The van der Waals surface area contributed by atoms with Crippen LogP contribution in [-0.2, 0) is 4.74 Å². The summed E-state index contributed by atoms with van der Waals surface area (Å²) in [7, 11) is 0. The van der Waals surface area contributed by atoms with Gasteiger partial charge in [-0.2, -0.15) is 0 Å². The maximum absolute atomic E-state index is 5.54. The van der Waals surface area contributed by atoms with Crippen LogP contribution in [0, 0.1) is 6.61 Å². The minimum atomic E-state index is 0.479. The summed E-state index contributed by atoms with van der Waals surface area (Å²) in [5, 5.41) is 0. The Bertz CT molecular complexity index is 85.1. The zero-order valence-corrected chi connectivity index (χ0v) is 9.51. The molecule has 0 aliphatic heterocycles. The number of ether oxygens (including phenoxy) is 1. The number of hydrogen-bond donors (Lipinski definition) is 0. The highest BCUT2D eigenvalue weighted by Gasteiger charge is 2.05. The summed E-state index contributed by atoms with van der Waals surface area (Å²) in [5.74, 6) is 0. The van der Waals surface area contributed by atoms with Crippen molar-refractivity contribution in [2.45, 2.75) is 71.8 Å². The first-order valence-corrected chi connectivity index (χ1v) is 5.78. The molecule has 0 spiro atoms. The van der Waals surface area contributed by atoms with E-state index in [1.165, 1.54) is 44.9 Å². The second-order valence-corrected chi connectivity index (χ2v) is 3.63. The molecule has 0 aromatic heterocycles. The average Bonchev–Trinajstić information content (AvgIpc) is 2.13. The Kier molecular flexibility index (Phi) is 10.0. The molecular weight excluding hydrogens is 160 g/mol. The Hall–Kier alpha value is -0.0400. The van der Waals surface area contributed by atoms with Gasteiger partial charge < -0.3 is 4.74 Å². The lowest BCUT2D eigenvalue weighted by Gasteiger charge is -2.15. The molecule has 0 saturated heterocycles. The molecule has 0 aliphatic carbocycles. The normalized spacial score (nSPS) is 13.2. The van der Waals surface area contributed by atoms with Crippen molar-refractivity contribution in [3.63, 3.8) is 0 Å². The van der Waals surface area contributed by atoms with E-state index in [2.05, 4.69) is 13.8 Å². The van der Waals surface area contributed by atoms with Crippen molar-refractivity contribution in [2.24, 2.45) is 0 Å². The summed E-state index contributed by atoms with van der Waals surface area (Å²) in [6.45, 7) is 8.27. The molecule has 1 atom stereocenters. The van der Waals surface area contributed by atoms with Gasteiger partial charge >= 0.3 is 0 Å². The minimum Gasteiger partial charge on any atom is -0.373 e. The molecule has 0 aromatic carbocycles. The van der Waals surface area contributed by atoms with Gasteiger partial charge in [-0.1, -0.05) is 46.0 Å². The van der Waals surface area contributed by atoms with Gasteiger partial charge in [0.15, 0.2) is 0 Å². The molecule has 1 nitrogen and oxygen atoms in total. The molecular formula is C12H25O. The lowest BCUT2D eigenvalue weighted by molar-refractivity contribution is 0.0908. The fourth-order valence-electron chi connectivity index (χ4n) is 1.59. The van der Waals surface area contributed by atoms with Gasteiger partial charge in [0.1, 0.15) is 0 Å². The largest absolute Gasteiger partial charge is 0.373 e. The van der Waals surface area contributed by atoms with Crippen LogP contribution in [0.3, 0.4) is 0 Å².